The maximum absolute atomic E-state index is 4.38. The summed E-state index contributed by atoms with van der Waals surface area (Å²) in [5, 5.41) is 0. The van der Waals surface area contributed by atoms with E-state index in [1.165, 1.54) is 0 Å². The Labute approximate surface area is 94.3 Å². The van der Waals surface area contributed by atoms with Crippen molar-refractivity contribution in [2.75, 3.05) is 24.0 Å². The molecule has 4 heteroatoms. The normalized spacial score (nSPS) is 10.4. The van der Waals surface area contributed by atoms with Crippen LogP contribution in [0.15, 0.2) is 12.4 Å². The lowest BCUT2D eigenvalue weighted by molar-refractivity contribution is 0.945. The van der Waals surface area contributed by atoms with Crippen molar-refractivity contribution in [3.63, 3.8) is 0 Å². The van der Waals surface area contributed by atoms with Crippen LogP contribution in [0.5, 0.6) is 0 Å². The summed E-state index contributed by atoms with van der Waals surface area (Å²) in [4.78, 5) is 8.77. The number of hydrogen-bond acceptors (Lipinski definition) is 4. The van der Waals surface area contributed by atoms with Crippen molar-refractivity contribution >= 4 is 23.5 Å². The van der Waals surface area contributed by atoms with Gasteiger partial charge in [0.25, 0.3) is 0 Å². The number of aryl methyl sites for hydroxylation is 2. The molecule has 14 heavy (non-hydrogen) atoms. The lowest BCUT2D eigenvalue weighted by Gasteiger charge is -2.00. The van der Waals surface area contributed by atoms with Crippen LogP contribution in [0.1, 0.15) is 11.4 Å². The van der Waals surface area contributed by atoms with Gasteiger partial charge in [-0.15, -0.1) is 0 Å². The van der Waals surface area contributed by atoms with Crippen LogP contribution in [-0.4, -0.2) is 34.0 Å². The molecule has 0 amide bonds. The number of rotatable bonds is 6. The molecule has 1 aromatic heterocycles. The zero-order valence-corrected chi connectivity index (χ0v) is 10.3. The quantitative estimate of drug-likeness (QED) is 0.746. The smallest absolute Gasteiger partial charge is 0.0595 e. The predicted molar refractivity (Wildman–Crippen MR) is 66.2 cm³/mol. The van der Waals surface area contributed by atoms with Crippen LogP contribution < -0.4 is 0 Å². The van der Waals surface area contributed by atoms with E-state index in [1.54, 1.807) is 0 Å². The van der Waals surface area contributed by atoms with E-state index < -0.39 is 0 Å². The van der Waals surface area contributed by atoms with E-state index in [1.807, 2.05) is 35.9 Å². The lowest BCUT2D eigenvalue weighted by Crippen LogP contribution is -1.98. The molecule has 0 spiro atoms. The molecule has 1 heterocycles. The van der Waals surface area contributed by atoms with E-state index in [-0.39, 0.29) is 0 Å². The number of thioether (sulfide) groups is 2. The second kappa shape index (κ2) is 7.12. The molecular formula is C10H16N2S2. The minimum Gasteiger partial charge on any atom is -0.258 e. The molecule has 1 aromatic rings. The highest BCUT2D eigenvalue weighted by Crippen LogP contribution is 2.03. The SMILES string of the molecule is CSCCc1cnc(CCSC)cn1. The Morgan fingerprint density at radius 1 is 0.929 bits per heavy atom. The molecule has 0 aromatic carbocycles. The summed E-state index contributed by atoms with van der Waals surface area (Å²) in [5.74, 6) is 2.25. The molecule has 0 saturated heterocycles. The van der Waals surface area contributed by atoms with Crippen LogP contribution >= 0.6 is 23.5 Å². The summed E-state index contributed by atoms with van der Waals surface area (Å²) in [5.41, 5.74) is 2.21. The van der Waals surface area contributed by atoms with E-state index in [2.05, 4.69) is 22.5 Å². The number of hydrogen-bond donors (Lipinski definition) is 0. The summed E-state index contributed by atoms with van der Waals surface area (Å²) in [6, 6.07) is 0. The Morgan fingerprint density at radius 2 is 1.36 bits per heavy atom. The predicted octanol–water partition coefficient (Wildman–Crippen LogP) is 2.29. The average Bonchev–Trinajstić information content (AvgIpc) is 2.25. The Morgan fingerprint density at radius 3 is 1.64 bits per heavy atom. The number of aromatic nitrogens is 2. The highest BCUT2D eigenvalue weighted by molar-refractivity contribution is 7.98. The van der Waals surface area contributed by atoms with Gasteiger partial charge in [0, 0.05) is 25.2 Å². The molecule has 0 unspecified atom stereocenters. The maximum atomic E-state index is 4.38. The monoisotopic (exact) mass is 228 g/mol. The molecule has 0 aliphatic heterocycles. The van der Waals surface area contributed by atoms with Crippen molar-refractivity contribution in [1.82, 2.24) is 9.97 Å². The van der Waals surface area contributed by atoms with Crippen LogP contribution in [0.25, 0.3) is 0 Å². The fraction of sp³-hybridized carbons (Fsp3) is 0.600. The maximum Gasteiger partial charge on any atom is 0.0595 e. The Bertz CT molecular complexity index is 222. The standard InChI is InChI=1S/C10H16N2S2/c1-13-5-3-9-7-12-10(8-11-9)4-6-14-2/h7-8H,3-6H2,1-2H3. The third kappa shape index (κ3) is 4.33. The lowest BCUT2D eigenvalue weighted by atomic mass is 10.3. The van der Waals surface area contributed by atoms with Gasteiger partial charge in [-0.1, -0.05) is 0 Å². The van der Waals surface area contributed by atoms with E-state index >= 15 is 0 Å². The minimum atomic E-state index is 1.02. The van der Waals surface area contributed by atoms with Crippen molar-refractivity contribution in [3.8, 4) is 0 Å². The largest absolute Gasteiger partial charge is 0.258 e. The first-order valence-corrected chi connectivity index (χ1v) is 7.43. The molecule has 0 fully saturated rings. The summed E-state index contributed by atoms with van der Waals surface area (Å²) in [6.07, 6.45) is 10.1. The van der Waals surface area contributed by atoms with Gasteiger partial charge in [-0.2, -0.15) is 23.5 Å². The first-order valence-electron chi connectivity index (χ1n) is 4.64. The van der Waals surface area contributed by atoms with Crippen molar-refractivity contribution in [2.45, 2.75) is 12.8 Å². The fourth-order valence-corrected chi connectivity index (χ4v) is 1.88. The van der Waals surface area contributed by atoms with Crippen LogP contribution in [0.3, 0.4) is 0 Å². The van der Waals surface area contributed by atoms with Gasteiger partial charge in [-0.05, 0) is 24.0 Å². The number of nitrogens with zero attached hydrogens (tertiary/aromatic N) is 2. The van der Waals surface area contributed by atoms with Gasteiger partial charge in [-0.25, -0.2) is 0 Å². The van der Waals surface area contributed by atoms with Gasteiger partial charge in [-0.3, -0.25) is 9.97 Å². The van der Waals surface area contributed by atoms with E-state index in [0.717, 1.165) is 35.7 Å². The Hall–Kier alpha value is -0.220. The van der Waals surface area contributed by atoms with Crippen LogP contribution in [0, 0.1) is 0 Å². The van der Waals surface area contributed by atoms with Crippen LogP contribution in [0.4, 0.5) is 0 Å². The van der Waals surface area contributed by atoms with Gasteiger partial charge in [0.2, 0.25) is 0 Å². The van der Waals surface area contributed by atoms with Crippen molar-refractivity contribution in [3.05, 3.63) is 23.8 Å². The second-order valence-corrected chi connectivity index (χ2v) is 4.96. The Kier molecular flexibility index (Phi) is 6.03. The van der Waals surface area contributed by atoms with Crippen molar-refractivity contribution < 1.29 is 0 Å². The van der Waals surface area contributed by atoms with Gasteiger partial charge in [0.05, 0.1) is 11.4 Å². The highest BCUT2D eigenvalue weighted by atomic mass is 32.2. The zero-order valence-electron chi connectivity index (χ0n) is 8.69. The molecule has 0 radical (unpaired) electrons. The highest BCUT2D eigenvalue weighted by Gasteiger charge is 1.97. The first-order chi connectivity index (χ1) is 6.86. The Balaban J connectivity index is 2.42. The van der Waals surface area contributed by atoms with Gasteiger partial charge < -0.3 is 0 Å². The van der Waals surface area contributed by atoms with Gasteiger partial charge >= 0.3 is 0 Å². The summed E-state index contributed by atoms with van der Waals surface area (Å²) >= 11 is 3.69. The molecule has 0 bridgehead atoms. The van der Waals surface area contributed by atoms with E-state index in [4.69, 9.17) is 0 Å². The molecule has 0 aliphatic rings. The molecule has 78 valence electrons. The van der Waals surface area contributed by atoms with Crippen LogP contribution in [0.2, 0.25) is 0 Å². The summed E-state index contributed by atoms with van der Waals surface area (Å²) in [7, 11) is 0. The third-order valence-electron chi connectivity index (χ3n) is 1.88. The topological polar surface area (TPSA) is 25.8 Å². The van der Waals surface area contributed by atoms with E-state index in [9.17, 15) is 0 Å². The van der Waals surface area contributed by atoms with Crippen molar-refractivity contribution in [1.29, 1.82) is 0 Å². The van der Waals surface area contributed by atoms with E-state index in [0.29, 0.717) is 0 Å². The second-order valence-electron chi connectivity index (χ2n) is 2.98. The first kappa shape index (κ1) is 11.9. The van der Waals surface area contributed by atoms with Crippen LogP contribution in [-0.2, 0) is 12.8 Å². The molecule has 0 atom stereocenters. The van der Waals surface area contributed by atoms with Gasteiger partial charge in [0.15, 0.2) is 0 Å². The third-order valence-corrected chi connectivity index (χ3v) is 3.11. The van der Waals surface area contributed by atoms with Gasteiger partial charge in [0.1, 0.15) is 0 Å². The molecular weight excluding hydrogens is 212 g/mol. The molecule has 1 rings (SSSR count). The molecule has 0 N–H and O–H groups in total. The van der Waals surface area contributed by atoms with Crippen molar-refractivity contribution in [2.24, 2.45) is 0 Å². The molecule has 0 aliphatic carbocycles. The molecule has 0 saturated carbocycles. The average molecular weight is 228 g/mol. The molecule has 2 nitrogen and oxygen atoms in total. The summed E-state index contributed by atoms with van der Waals surface area (Å²) in [6.45, 7) is 0. The zero-order chi connectivity index (χ0) is 10.2. The summed E-state index contributed by atoms with van der Waals surface area (Å²) < 4.78 is 0. The fourth-order valence-electron chi connectivity index (χ4n) is 1.05. The minimum absolute atomic E-state index is 1.02.